The highest BCUT2D eigenvalue weighted by Crippen LogP contribution is 2.35. The number of carboxylic acid groups (broad SMARTS) is 1. The normalized spacial score (nSPS) is 11.3. The van der Waals surface area contributed by atoms with Gasteiger partial charge in [-0.25, -0.2) is 13.2 Å². The molecule has 9 nitrogen and oxygen atoms in total. The van der Waals surface area contributed by atoms with Gasteiger partial charge in [0.2, 0.25) is 9.84 Å². The van der Waals surface area contributed by atoms with Crippen LogP contribution in [-0.2, 0) is 9.84 Å². The van der Waals surface area contributed by atoms with Gasteiger partial charge in [0.05, 0.1) is 39.2 Å². The van der Waals surface area contributed by atoms with Gasteiger partial charge in [0.25, 0.3) is 5.91 Å². The number of carboxylic acids is 1. The molecule has 1 aromatic heterocycles. The molecule has 4 aromatic rings. The molecule has 0 atom stereocenters. The van der Waals surface area contributed by atoms with Gasteiger partial charge in [-0.3, -0.25) is 9.78 Å². The Hall–Kier alpha value is -4.44. The van der Waals surface area contributed by atoms with Crippen LogP contribution in [0.2, 0.25) is 0 Å². The summed E-state index contributed by atoms with van der Waals surface area (Å²) in [7, 11) is -2.57. The zero-order valence-corrected chi connectivity index (χ0v) is 19.6. The molecule has 10 heteroatoms. The molecule has 0 fully saturated rings. The monoisotopic (exact) mass is 491 g/mol. The quantitative estimate of drug-likeness (QED) is 0.352. The number of benzene rings is 3. The fourth-order valence-corrected chi connectivity index (χ4v) is 5.12. The number of amides is 1. The zero-order valence-electron chi connectivity index (χ0n) is 18.8. The Labute approximate surface area is 201 Å². The number of aromatic nitrogens is 1. The molecule has 35 heavy (non-hydrogen) atoms. The third-order valence-corrected chi connectivity index (χ3v) is 7.17. The van der Waals surface area contributed by atoms with Crippen molar-refractivity contribution >= 4 is 44.0 Å². The van der Waals surface area contributed by atoms with Crippen molar-refractivity contribution in [3.05, 3.63) is 83.6 Å². The first-order chi connectivity index (χ1) is 16.6. The summed E-state index contributed by atoms with van der Waals surface area (Å²) >= 11 is 0. The second-order valence-corrected chi connectivity index (χ2v) is 9.69. The molecule has 0 saturated carbocycles. The second-order valence-electron chi connectivity index (χ2n) is 7.74. The summed E-state index contributed by atoms with van der Waals surface area (Å²) in [5.41, 5.74) is 7.40. The van der Waals surface area contributed by atoms with Crippen LogP contribution in [0.3, 0.4) is 0 Å². The number of hydrogen-bond acceptors (Lipinski definition) is 7. The summed E-state index contributed by atoms with van der Waals surface area (Å²) in [5.74, 6) is -1.41. The van der Waals surface area contributed by atoms with Crippen molar-refractivity contribution in [1.29, 1.82) is 0 Å². The molecule has 0 aliphatic carbocycles. The number of aryl methyl sites for hydroxylation is 1. The first-order valence-corrected chi connectivity index (χ1v) is 11.8. The molecular formula is C25H21N3O6S. The minimum Gasteiger partial charge on any atom is -0.497 e. The van der Waals surface area contributed by atoms with Crippen LogP contribution < -0.4 is 15.8 Å². The summed E-state index contributed by atoms with van der Waals surface area (Å²) in [6, 6.07) is 14.9. The van der Waals surface area contributed by atoms with E-state index in [2.05, 4.69) is 10.3 Å². The van der Waals surface area contributed by atoms with E-state index in [1.165, 1.54) is 43.6 Å². The van der Waals surface area contributed by atoms with E-state index in [1.807, 2.05) is 0 Å². The third-order valence-electron chi connectivity index (χ3n) is 5.44. The highest BCUT2D eigenvalue weighted by Gasteiger charge is 2.23. The Morgan fingerprint density at radius 3 is 2.46 bits per heavy atom. The fraction of sp³-hybridized carbons (Fsp3) is 0.0800. The van der Waals surface area contributed by atoms with Gasteiger partial charge in [0, 0.05) is 23.3 Å². The first kappa shape index (κ1) is 23.7. The number of hydrogen-bond donors (Lipinski definition) is 3. The Morgan fingerprint density at radius 2 is 1.77 bits per heavy atom. The van der Waals surface area contributed by atoms with E-state index in [0.29, 0.717) is 27.9 Å². The summed E-state index contributed by atoms with van der Waals surface area (Å²) in [5, 5.41) is 12.8. The van der Waals surface area contributed by atoms with Crippen LogP contribution in [0.25, 0.3) is 10.9 Å². The number of nitrogens with two attached hydrogens (primary N) is 1. The van der Waals surface area contributed by atoms with E-state index in [9.17, 15) is 23.1 Å². The van der Waals surface area contributed by atoms with E-state index in [4.69, 9.17) is 10.5 Å². The molecule has 4 N–H and O–H groups in total. The van der Waals surface area contributed by atoms with Crippen molar-refractivity contribution in [1.82, 2.24) is 4.98 Å². The fourth-order valence-electron chi connectivity index (χ4n) is 3.70. The number of fused-ring (bicyclic) bond motifs is 1. The molecule has 1 heterocycles. The number of sulfone groups is 1. The molecule has 1 amide bonds. The van der Waals surface area contributed by atoms with E-state index in [0.717, 1.165) is 6.07 Å². The molecule has 0 bridgehead atoms. The lowest BCUT2D eigenvalue weighted by Crippen LogP contribution is -2.14. The third kappa shape index (κ3) is 4.51. The largest absolute Gasteiger partial charge is 0.497 e. The average Bonchev–Trinajstić information content (AvgIpc) is 2.84. The molecule has 0 aliphatic rings. The number of pyridine rings is 1. The predicted molar refractivity (Wildman–Crippen MR) is 130 cm³/mol. The number of rotatable bonds is 7. The highest BCUT2D eigenvalue weighted by molar-refractivity contribution is 7.91. The van der Waals surface area contributed by atoms with Crippen LogP contribution in [-0.4, -0.2) is 37.5 Å². The van der Waals surface area contributed by atoms with Crippen molar-refractivity contribution in [2.45, 2.75) is 16.7 Å². The van der Waals surface area contributed by atoms with E-state index >= 15 is 0 Å². The van der Waals surface area contributed by atoms with Crippen molar-refractivity contribution in [2.75, 3.05) is 12.4 Å². The number of carbonyl (C=O) groups is 2. The minimum absolute atomic E-state index is 0.0714. The standard InChI is InChI=1S/C25H21N3O6S/c1-14-9-19(35(32,33)18-8-3-5-15(10-18)25(30)31)12-20-22(14)27-13-21(24(26)29)23(20)28-16-6-4-7-17(11-16)34-2/h3-13H,1-2H3,(H2,26,29)(H,27,28)(H,30,31). The van der Waals surface area contributed by atoms with E-state index in [1.54, 1.807) is 31.2 Å². The molecule has 4 rings (SSSR count). The molecule has 0 aliphatic heterocycles. The number of aromatic carboxylic acids is 1. The molecule has 3 aromatic carbocycles. The second kappa shape index (κ2) is 9.07. The molecule has 0 radical (unpaired) electrons. The van der Waals surface area contributed by atoms with Gasteiger partial charge in [0.1, 0.15) is 5.75 Å². The van der Waals surface area contributed by atoms with Gasteiger partial charge in [-0.1, -0.05) is 12.1 Å². The average molecular weight is 492 g/mol. The topological polar surface area (TPSA) is 149 Å². The van der Waals surface area contributed by atoms with E-state index in [-0.39, 0.29) is 26.6 Å². The smallest absolute Gasteiger partial charge is 0.335 e. The highest BCUT2D eigenvalue weighted by atomic mass is 32.2. The molecule has 0 unspecified atom stereocenters. The lowest BCUT2D eigenvalue weighted by Gasteiger charge is -2.16. The number of carbonyl (C=O) groups excluding carboxylic acids is 1. The summed E-state index contributed by atoms with van der Waals surface area (Å²) in [6.07, 6.45) is 1.34. The van der Waals surface area contributed by atoms with Crippen LogP contribution in [0.4, 0.5) is 11.4 Å². The van der Waals surface area contributed by atoms with Crippen LogP contribution in [0, 0.1) is 6.92 Å². The molecule has 178 valence electrons. The molecular weight excluding hydrogens is 470 g/mol. The summed E-state index contributed by atoms with van der Waals surface area (Å²) in [6.45, 7) is 1.70. The van der Waals surface area contributed by atoms with Crippen LogP contribution in [0.15, 0.2) is 76.7 Å². The van der Waals surface area contributed by atoms with Crippen molar-refractivity contribution in [3.8, 4) is 5.75 Å². The van der Waals surface area contributed by atoms with Crippen LogP contribution in [0.5, 0.6) is 5.75 Å². The van der Waals surface area contributed by atoms with E-state index < -0.39 is 21.7 Å². The number of primary amides is 1. The lowest BCUT2D eigenvalue weighted by molar-refractivity contribution is 0.0696. The number of nitrogens with one attached hydrogen (secondary N) is 1. The van der Waals surface area contributed by atoms with Gasteiger partial charge < -0.3 is 20.9 Å². The van der Waals surface area contributed by atoms with Gasteiger partial charge in [0.15, 0.2) is 0 Å². The van der Waals surface area contributed by atoms with Gasteiger partial charge in [-0.05, 0) is 55.0 Å². The Balaban J connectivity index is 1.95. The maximum absolute atomic E-state index is 13.4. The van der Waals surface area contributed by atoms with Crippen molar-refractivity contribution in [3.63, 3.8) is 0 Å². The van der Waals surface area contributed by atoms with Gasteiger partial charge >= 0.3 is 5.97 Å². The number of ether oxygens (including phenoxy) is 1. The molecule has 0 saturated heterocycles. The maximum atomic E-state index is 13.4. The number of anilines is 2. The Morgan fingerprint density at radius 1 is 1.03 bits per heavy atom. The van der Waals surface area contributed by atoms with Crippen LogP contribution >= 0.6 is 0 Å². The maximum Gasteiger partial charge on any atom is 0.335 e. The summed E-state index contributed by atoms with van der Waals surface area (Å²) < 4.78 is 32.1. The predicted octanol–water partition coefficient (Wildman–Crippen LogP) is 3.93. The number of methoxy groups -OCH3 is 1. The van der Waals surface area contributed by atoms with Gasteiger partial charge in [-0.2, -0.15) is 0 Å². The first-order valence-electron chi connectivity index (χ1n) is 10.3. The van der Waals surface area contributed by atoms with Crippen molar-refractivity contribution in [2.24, 2.45) is 5.73 Å². The van der Waals surface area contributed by atoms with Crippen LogP contribution in [0.1, 0.15) is 26.3 Å². The lowest BCUT2D eigenvalue weighted by atomic mass is 10.1. The zero-order chi connectivity index (χ0) is 25.3. The minimum atomic E-state index is -4.10. The Kier molecular flexibility index (Phi) is 6.14. The SMILES string of the molecule is COc1cccc(Nc2c(C(N)=O)cnc3c(C)cc(S(=O)(=O)c4cccc(C(=O)O)c4)cc23)c1. The summed E-state index contributed by atoms with van der Waals surface area (Å²) in [4.78, 5) is 27.6. The molecule has 0 spiro atoms. The number of nitrogens with zero attached hydrogens (tertiary/aromatic N) is 1. The van der Waals surface area contributed by atoms with Crippen molar-refractivity contribution < 1.29 is 27.9 Å². The van der Waals surface area contributed by atoms with Gasteiger partial charge in [-0.15, -0.1) is 0 Å². The Bertz CT molecular complexity index is 1600.